The van der Waals surface area contributed by atoms with Crippen LogP contribution in [0.3, 0.4) is 0 Å². The van der Waals surface area contributed by atoms with Crippen molar-refractivity contribution in [1.29, 1.82) is 0 Å². The lowest BCUT2D eigenvalue weighted by Gasteiger charge is -2.10. The summed E-state index contributed by atoms with van der Waals surface area (Å²) in [7, 11) is -4.74. The van der Waals surface area contributed by atoms with Crippen LogP contribution >= 0.6 is 0 Å². The maximum Gasteiger partial charge on any atom is 0.237 e. The zero-order valence-electron chi connectivity index (χ0n) is 14.0. The first-order chi connectivity index (χ1) is 11.8. The fourth-order valence-corrected chi connectivity index (χ4v) is 5.06. The molecule has 0 radical (unpaired) electrons. The lowest BCUT2D eigenvalue weighted by atomic mass is 10.1. The van der Waals surface area contributed by atoms with E-state index in [1.165, 1.54) is 0 Å². The van der Waals surface area contributed by atoms with Crippen molar-refractivity contribution in [3.63, 3.8) is 0 Å². The molecule has 0 bridgehead atoms. The van der Waals surface area contributed by atoms with Crippen molar-refractivity contribution in [3.8, 4) is 0 Å². The van der Waals surface area contributed by atoms with E-state index in [0.29, 0.717) is 12.1 Å². The molecule has 1 aromatic rings. The second-order valence-electron chi connectivity index (χ2n) is 5.99. The van der Waals surface area contributed by atoms with Gasteiger partial charge in [0.1, 0.15) is 11.5 Å². The zero-order valence-corrected chi connectivity index (χ0v) is 15.6. The second-order valence-corrected chi connectivity index (χ2v) is 9.68. The monoisotopic (exact) mass is 386 g/mol. The number of carbonyl (C=O) groups is 2. The molecule has 1 aliphatic heterocycles. The van der Waals surface area contributed by atoms with Crippen LogP contribution in [-0.2, 0) is 36.6 Å². The molecule has 7 nitrogen and oxygen atoms in total. The molecule has 25 heavy (non-hydrogen) atoms. The highest BCUT2D eigenvalue weighted by Gasteiger charge is 2.29. The molecule has 138 valence electrons. The molecule has 9 heteroatoms. The van der Waals surface area contributed by atoms with Crippen LogP contribution in [0.4, 0.5) is 5.69 Å². The number of aryl methyl sites for hydroxylation is 1. The van der Waals surface area contributed by atoms with Gasteiger partial charge in [-0.2, -0.15) is 0 Å². The summed E-state index contributed by atoms with van der Waals surface area (Å²) in [6, 6.07) is 6.91. The van der Waals surface area contributed by atoms with Gasteiger partial charge in [0.2, 0.25) is 11.8 Å². The number of amides is 2. The fourth-order valence-electron chi connectivity index (χ4n) is 2.54. The van der Waals surface area contributed by atoms with Gasteiger partial charge in [-0.3, -0.25) is 13.8 Å². The molecule has 2 rings (SSSR count). The largest absolute Gasteiger partial charge is 0.352 e. The Morgan fingerprint density at radius 1 is 1.16 bits per heavy atom. The van der Waals surface area contributed by atoms with Gasteiger partial charge < -0.3 is 10.6 Å². The second kappa shape index (κ2) is 8.57. The van der Waals surface area contributed by atoms with Crippen molar-refractivity contribution >= 4 is 38.1 Å². The smallest absolute Gasteiger partial charge is 0.237 e. The topological polar surface area (TPSA) is 109 Å². The van der Waals surface area contributed by atoms with E-state index in [4.69, 9.17) is 0 Å². The Labute approximate surface area is 149 Å². The lowest BCUT2D eigenvalue weighted by Crippen LogP contribution is -2.39. The lowest BCUT2D eigenvalue weighted by molar-refractivity contribution is -0.119. The van der Waals surface area contributed by atoms with Gasteiger partial charge in [-0.15, -0.1) is 0 Å². The minimum Gasteiger partial charge on any atom is -0.352 e. The zero-order chi connectivity index (χ0) is 18.4. The van der Waals surface area contributed by atoms with E-state index in [9.17, 15) is 22.2 Å². The number of anilines is 1. The first-order valence-electron chi connectivity index (χ1n) is 8.01. The van der Waals surface area contributed by atoms with Crippen LogP contribution in [0.15, 0.2) is 24.3 Å². The van der Waals surface area contributed by atoms with E-state index < -0.39 is 38.5 Å². The Morgan fingerprint density at radius 3 is 2.36 bits per heavy atom. The summed E-state index contributed by atoms with van der Waals surface area (Å²) >= 11 is 0. The van der Waals surface area contributed by atoms with Crippen molar-refractivity contribution in [2.45, 2.75) is 25.8 Å². The van der Waals surface area contributed by atoms with Gasteiger partial charge in [0.25, 0.3) is 0 Å². The Morgan fingerprint density at radius 2 is 1.80 bits per heavy atom. The third kappa shape index (κ3) is 6.58. The maximum atomic E-state index is 11.9. The van der Waals surface area contributed by atoms with Gasteiger partial charge in [-0.05, 0) is 30.5 Å². The predicted octanol–water partition coefficient (Wildman–Crippen LogP) is 0.240. The molecule has 0 aliphatic carbocycles. The standard InChI is InChI=1S/C16H22N2O5S2/c1-2-12-3-5-13(6-4-12)17-15(19)9-24(21)10-16(20)18-14-7-8-25(22,23)11-14/h3-6,14H,2,7-11H2,1H3,(H,17,19)(H,18,20). The Balaban J connectivity index is 1.75. The van der Waals surface area contributed by atoms with E-state index in [1.54, 1.807) is 12.1 Å². The maximum absolute atomic E-state index is 11.9. The average molecular weight is 386 g/mol. The van der Waals surface area contributed by atoms with Gasteiger partial charge in [-0.25, -0.2) is 8.42 Å². The quantitative estimate of drug-likeness (QED) is 0.698. The molecule has 2 unspecified atom stereocenters. The Kier molecular flexibility index (Phi) is 6.71. The van der Waals surface area contributed by atoms with Crippen molar-refractivity contribution < 1.29 is 22.2 Å². The number of nitrogens with one attached hydrogen (secondary N) is 2. The van der Waals surface area contributed by atoms with E-state index in [1.807, 2.05) is 19.1 Å². The van der Waals surface area contributed by atoms with Gasteiger partial charge in [0.15, 0.2) is 9.84 Å². The molecule has 2 N–H and O–H groups in total. The number of hydrogen-bond acceptors (Lipinski definition) is 5. The third-order valence-corrected chi connectivity index (χ3v) is 6.76. The van der Waals surface area contributed by atoms with Gasteiger partial charge in [0.05, 0.1) is 11.5 Å². The van der Waals surface area contributed by atoms with Crippen LogP contribution in [0.1, 0.15) is 18.9 Å². The SMILES string of the molecule is CCc1ccc(NC(=O)CS(=O)CC(=O)NC2CCS(=O)(=O)C2)cc1. The molecule has 0 aromatic heterocycles. The molecule has 1 saturated heterocycles. The van der Waals surface area contributed by atoms with E-state index in [2.05, 4.69) is 10.6 Å². The minimum absolute atomic E-state index is 0.0558. The van der Waals surface area contributed by atoms with Crippen LogP contribution < -0.4 is 10.6 Å². The first-order valence-corrected chi connectivity index (χ1v) is 11.3. The highest BCUT2D eigenvalue weighted by molar-refractivity contribution is 7.91. The summed E-state index contributed by atoms with van der Waals surface area (Å²) in [6.45, 7) is 2.03. The summed E-state index contributed by atoms with van der Waals surface area (Å²) in [6.07, 6.45) is 1.27. The summed E-state index contributed by atoms with van der Waals surface area (Å²) in [5, 5.41) is 5.20. The van der Waals surface area contributed by atoms with Gasteiger partial charge in [-0.1, -0.05) is 19.1 Å². The summed E-state index contributed by atoms with van der Waals surface area (Å²) < 4.78 is 34.6. The minimum atomic E-state index is -3.08. The molecule has 0 spiro atoms. The van der Waals surface area contributed by atoms with E-state index >= 15 is 0 Å². The van der Waals surface area contributed by atoms with E-state index in [0.717, 1.165) is 12.0 Å². The molecule has 1 fully saturated rings. The van der Waals surface area contributed by atoms with Crippen LogP contribution in [0, 0.1) is 0 Å². The molecule has 0 saturated carbocycles. The van der Waals surface area contributed by atoms with Crippen molar-refractivity contribution in [2.24, 2.45) is 0 Å². The normalized spacial score (nSPS) is 20.0. The molecule has 1 aliphatic rings. The number of hydrogen-bond donors (Lipinski definition) is 2. The van der Waals surface area contributed by atoms with Crippen LogP contribution in [-0.4, -0.2) is 53.5 Å². The highest BCUT2D eigenvalue weighted by Crippen LogP contribution is 2.11. The molecule has 2 atom stereocenters. The molecule has 1 heterocycles. The summed E-state index contributed by atoms with van der Waals surface area (Å²) in [4.78, 5) is 23.7. The predicted molar refractivity (Wildman–Crippen MR) is 97.5 cm³/mol. The third-order valence-electron chi connectivity index (χ3n) is 3.83. The van der Waals surface area contributed by atoms with Crippen molar-refractivity contribution in [3.05, 3.63) is 29.8 Å². The summed E-state index contributed by atoms with van der Waals surface area (Å²) in [5.74, 6) is -1.57. The van der Waals surface area contributed by atoms with Crippen LogP contribution in [0.2, 0.25) is 0 Å². The fraction of sp³-hybridized carbons (Fsp3) is 0.500. The van der Waals surface area contributed by atoms with Crippen LogP contribution in [0.5, 0.6) is 0 Å². The number of rotatable bonds is 7. The molecular weight excluding hydrogens is 364 g/mol. The van der Waals surface area contributed by atoms with Crippen LogP contribution in [0.25, 0.3) is 0 Å². The highest BCUT2D eigenvalue weighted by atomic mass is 32.2. The number of benzene rings is 1. The molecule has 2 amide bonds. The van der Waals surface area contributed by atoms with Gasteiger partial charge in [0, 0.05) is 22.5 Å². The van der Waals surface area contributed by atoms with E-state index in [-0.39, 0.29) is 23.0 Å². The van der Waals surface area contributed by atoms with Crippen molar-refractivity contribution in [2.75, 3.05) is 28.3 Å². The van der Waals surface area contributed by atoms with Gasteiger partial charge >= 0.3 is 0 Å². The summed E-state index contributed by atoms with van der Waals surface area (Å²) in [5.41, 5.74) is 1.76. The average Bonchev–Trinajstić information content (AvgIpc) is 2.86. The molecular formula is C16H22N2O5S2. The number of sulfone groups is 1. The Hall–Kier alpha value is -1.74. The Bertz CT molecular complexity index is 759. The number of carbonyl (C=O) groups excluding carboxylic acids is 2. The van der Waals surface area contributed by atoms with Crippen molar-refractivity contribution in [1.82, 2.24) is 5.32 Å². The molecule has 1 aromatic carbocycles. The first kappa shape index (κ1) is 19.6.